The molecule has 0 atom stereocenters. The summed E-state index contributed by atoms with van der Waals surface area (Å²) in [6.07, 6.45) is 2.68. The van der Waals surface area contributed by atoms with Crippen LogP contribution in [0.2, 0.25) is 5.02 Å². The van der Waals surface area contributed by atoms with Crippen molar-refractivity contribution < 1.29 is 13.2 Å². The zero-order valence-electron chi connectivity index (χ0n) is 12.9. The number of carbonyl (C=O) groups excluding carboxylic acids is 1. The van der Waals surface area contributed by atoms with Crippen molar-refractivity contribution in [1.82, 2.24) is 15.1 Å². The van der Waals surface area contributed by atoms with Crippen LogP contribution in [-0.2, 0) is 21.9 Å². The Kier molecular flexibility index (Phi) is 4.37. The molecular formula is C14H16ClN5O3S. The molecule has 2 aromatic rings. The van der Waals surface area contributed by atoms with Crippen LogP contribution >= 0.6 is 11.6 Å². The Morgan fingerprint density at radius 1 is 1.38 bits per heavy atom. The molecule has 1 amide bonds. The predicted molar refractivity (Wildman–Crippen MR) is 90.7 cm³/mol. The van der Waals surface area contributed by atoms with Gasteiger partial charge in [-0.05, 0) is 18.2 Å². The molecule has 1 aliphatic rings. The average molecular weight is 370 g/mol. The van der Waals surface area contributed by atoms with Crippen LogP contribution < -0.4 is 14.9 Å². The first-order valence-corrected chi connectivity index (χ1v) is 9.04. The van der Waals surface area contributed by atoms with Crippen LogP contribution in [0.5, 0.6) is 0 Å². The van der Waals surface area contributed by atoms with Crippen molar-refractivity contribution in [2.75, 3.05) is 29.3 Å². The van der Waals surface area contributed by atoms with Crippen molar-refractivity contribution in [1.29, 1.82) is 0 Å². The number of hydrogen-bond donors (Lipinski definition) is 2. The van der Waals surface area contributed by atoms with Gasteiger partial charge in [0.05, 0.1) is 29.1 Å². The first kappa shape index (κ1) is 16.6. The van der Waals surface area contributed by atoms with Crippen LogP contribution in [0.15, 0.2) is 35.5 Å². The fraction of sp³-hybridized carbons (Fsp3) is 0.286. The largest absolute Gasteiger partial charge is 0.359 e. The highest BCUT2D eigenvalue weighted by Gasteiger charge is 2.20. The zero-order chi connectivity index (χ0) is 17.3. The van der Waals surface area contributed by atoms with Gasteiger partial charge < -0.3 is 10.2 Å². The van der Waals surface area contributed by atoms with E-state index in [1.807, 2.05) is 4.90 Å². The monoisotopic (exact) mass is 369 g/mol. The van der Waals surface area contributed by atoms with Gasteiger partial charge in [0, 0.05) is 26.3 Å². The van der Waals surface area contributed by atoms with Gasteiger partial charge in [0.2, 0.25) is 5.91 Å². The summed E-state index contributed by atoms with van der Waals surface area (Å²) in [4.78, 5) is 13.4. The molecule has 1 fully saturated rings. The number of hydrogen-bond acceptors (Lipinski definition) is 5. The van der Waals surface area contributed by atoms with Crippen LogP contribution in [0, 0.1) is 0 Å². The number of aryl methyl sites for hydroxylation is 1. The van der Waals surface area contributed by atoms with Crippen LogP contribution in [-0.4, -0.2) is 43.7 Å². The summed E-state index contributed by atoms with van der Waals surface area (Å²) in [5, 5.41) is 6.96. The first-order valence-electron chi connectivity index (χ1n) is 7.18. The second kappa shape index (κ2) is 6.33. The van der Waals surface area contributed by atoms with Crippen molar-refractivity contribution in [3.8, 4) is 0 Å². The van der Waals surface area contributed by atoms with E-state index in [2.05, 4.69) is 15.1 Å². The number of benzene rings is 1. The van der Waals surface area contributed by atoms with Crippen LogP contribution in [0.1, 0.15) is 0 Å². The quantitative estimate of drug-likeness (QED) is 0.831. The number of halogens is 1. The number of rotatable bonds is 4. The number of piperazine rings is 1. The van der Waals surface area contributed by atoms with E-state index in [9.17, 15) is 13.2 Å². The molecule has 0 spiro atoms. The van der Waals surface area contributed by atoms with E-state index in [4.69, 9.17) is 11.6 Å². The maximum atomic E-state index is 12.3. The predicted octanol–water partition coefficient (Wildman–Crippen LogP) is 0.810. The lowest BCUT2D eigenvalue weighted by atomic mass is 10.2. The summed E-state index contributed by atoms with van der Waals surface area (Å²) < 4.78 is 28.4. The topological polar surface area (TPSA) is 96.3 Å². The highest BCUT2D eigenvalue weighted by Crippen LogP contribution is 2.30. The van der Waals surface area contributed by atoms with Crippen LogP contribution in [0.4, 0.5) is 11.4 Å². The summed E-state index contributed by atoms with van der Waals surface area (Å²) in [5.41, 5.74) is 1.03. The van der Waals surface area contributed by atoms with Gasteiger partial charge in [-0.3, -0.25) is 14.2 Å². The van der Waals surface area contributed by atoms with Gasteiger partial charge in [0.15, 0.2) is 0 Å². The molecule has 0 bridgehead atoms. The minimum atomic E-state index is -3.73. The van der Waals surface area contributed by atoms with E-state index in [1.165, 1.54) is 23.1 Å². The van der Waals surface area contributed by atoms with Gasteiger partial charge in [-0.25, -0.2) is 8.42 Å². The lowest BCUT2D eigenvalue weighted by Crippen LogP contribution is -2.47. The lowest BCUT2D eigenvalue weighted by Gasteiger charge is -2.29. The van der Waals surface area contributed by atoms with Gasteiger partial charge in [-0.2, -0.15) is 5.10 Å². The zero-order valence-corrected chi connectivity index (χ0v) is 14.4. The number of nitrogens with one attached hydrogen (secondary N) is 2. The van der Waals surface area contributed by atoms with Gasteiger partial charge in [0.1, 0.15) is 4.90 Å². The molecular weight excluding hydrogens is 354 g/mol. The summed E-state index contributed by atoms with van der Waals surface area (Å²) in [6, 6.07) is 4.83. The fourth-order valence-corrected chi connectivity index (χ4v) is 3.76. The van der Waals surface area contributed by atoms with E-state index in [1.54, 1.807) is 19.2 Å². The third-order valence-electron chi connectivity index (χ3n) is 3.57. The molecule has 1 saturated heterocycles. The molecule has 8 nitrogen and oxygen atoms in total. The fourth-order valence-electron chi connectivity index (χ4n) is 2.42. The molecule has 128 valence electrons. The van der Waals surface area contributed by atoms with Crippen LogP contribution in [0.25, 0.3) is 0 Å². The van der Waals surface area contributed by atoms with E-state index in [-0.39, 0.29) is 17.3 Å². The van der Waals surface area contributed by atoms with Crippen molar-refractivity contribution in [2.45, 2.75) is 4.90 Å². The normalized spacial score (nSPS) is 15.2. The Morgan fingerprint density at radius 2 is 2.17 bits per heavy atom. The van der Waals surface area contributed by atoms with Crippen molar-refractivity contribution >= 4 is 38.9 Å². The summed E-state index contributed by atoms with van der Waals surface area (Å²) in [5.74, 6) is -0.0707. The third-order valence-corrected chi connectivity index (χ3v) is 5.21. The molecule has 10 heteroatoms. The maximum absolute atomic E-state index is 12.3. The smallest absolute Gasteiger partial charge is 0.265 e. The molecule has 2 heterocycles. The summed E-state index contributed by atoms with van der Waals surface area (Å²) >= 11 is 6.26. The highest BCUT2D eigenvalue weighted by atomic mass is 35.5. The molecule has 0 radical (unpaired) electrons. The summed E-state index contributed by atoms with van der Waals surface area (Å²) in [6.45, 7) is 1.41. The van der Waals surface area contributed by atoms with E-state index in [0.29, 0.717) is 29.5 Å². The molecule has 1 aromatic carbocycles. The molecule has 1 aliphatic heterocycles. The van der Waals surface area contributed by atoms with Crippen molar-refractivity contribution in [3.63, 3.8) is 0 Å². The number of anilines is 2. The summed E-state index contributed by atoms with van der Waals surface area (Å²) in [7, 11) is -2.09. The molecule has 0 aliphatic carbocycles. The third kappa shape index (κ3) is 3.46. The molecule has 1 aromatic heterocycles. The average Bonchev–Trinajstić information content (AvgIpc) is 2.94. The number of amides is 1. The van der Waals surface area contributed by atoms with Crippen molar-refractivity contribution in [2.24, 2.45) is 7.05 Å². The Labute approximate surface area is 144 Å². The number of sulfonamides is 1. The number of carbonyl (C=O) groups is 1. The first-order chi connectivity index (χ1) is 11.3. The molecule has 0 unspecified atom stereocenters. The maximum Gasteiger partial charge on any atom is 0.265 e. The molecule has 0 saturated carbocycles. The lowest BCUT2D eigenvalue weighted by molar-refractivity contribution is -0.120. The van der Waals surface area contributed by atoms with Crippen LogP contribution in [0.3, 0.4) is 0 Å². The Balaban J connectivity index is 1.81. The Bertz CT molecular complexity index is 880. The van der Waals surface area contributed by atoms with Gasteiger partial charge in [0.25, 0.3) is 10.0 Å². The second-order valence-electron chi connectivity index (χ2n) is 5.39. The van der Waals surface area contributed by atoms with Crippen molar-refractivity contribution in [3.05, 3.63) is 35.6 Å². The Hall–Kier alpha value is -2.26. The van der Waals surface area contributed by atoms with Gasteiger partial charge in [-0.1, -0.05) is 11.6 Å². The minimum absolute atomic E-state index is 0.0675. The molecule has 3 rings (SSSR count). The molecule has 24 heavy (non-hydrogen) atoms. The number of aromatic nitrogens is 2. The van der Waals surface area contributed by atoms with Gasteiger partial charge in [-0.15, -0.1) is 0 Å². The van der Waals surface area contributed by atoms with E-state index < -0.39 is 10.0 Å². The molecule has 2 N–H and O–H groups in total. The SMILES string of the molecule is Cn1cc(S(=O)(=O)Nc2ccc(N3CCNC(=O)C3)c(Cl)c2)cn1. The second-order valence-corrected chi connectivity index (χ2v) is 7.48. The standard InChI is InChI=1S/C14H16ClN5O3S/c1-19-8-11(7-17-19)24(22,23)18-10-2-3-13(12(15)6-10)20-5-4-16-14(21)9-20/h2-3,6-8,18H,4-5,9H2,1H3,(H,16,21). The minimum Gasteiger partial charge on any atom is -0.359 e. The Morgan fingerprint density at radius 3 is 2.79 bits per heavy atom. The number of nitrogens with zero attached hydrogens (tertiary/aromatic N) is 3. The highest BCUT2D eigenvalue weighted by molar-refractivity contribution is 7.92. The van der Waals surface area contributed by atoms with E-state index in [0.717, 1.165) is 0 Å². The van der Waals surface area contributed by atoms with E-state index >= 15 is 0 Å². The van der Waals surface area contributed by atoms with Gasteiger partial charge >= 0.3 is 0 Å².